The summed E-state index contributed by atoms with van der Waals surface area (Å²) >= 11 is 0. The molecule has 1 saturated carbocycles. The molecule has 0 N–H and O–H groups in total. The van der Waals surface area contributed by atoms with Crippen molar-refractivity contribution >= 4 is 17.7 Å². The van der Waals surface area contributed by atoms with E-state index in [0.29, 0.717) is 44.4 Å². The Morgan fingerprint density at radius 2 is 1.71 bits per heavy atom. The highest BCUT2D eigenvalue weighted by atomic mass is 16.3. The van der Waals surface area contributed by atoms with Gasteiger partial charge in [0.25, 0.3) is 5.91 Å². The molecule has 152 valence electrons. The minimum Gasteiger partial charge on any atom is -0.459 e. The topological polar surface area (TPSA) is 74.1 Å². The molecule has 3 amide bonds. The average Bonchev–Trinajstić information content (AvgIpc) is 3.36. The van der Waals surface area contributed by atoms with E-state index in [4.69, 9.17) is 4.42 Å². The molecule has 3 atom stereocenters. The molecule has 0 radical (unpaired) electrons. The Hall–Kier alpha value is -2.31. The van der Waals surface area contributed by atoms with E-state index in [-0.39, 0.29) is 29.6 Å². The molecular formula is C21H29N3O4. The van der Waals surface area contributed by atoms with Crippen molar-refractivity contribution in [2.45, 2.75) is 45.1 Å². The predicted octanol–water partition coefficient (Wildman–Crippen LogP) is 1.99. The normalized spacial score (nSPS) is 27.6. The molecule has 1 aromatic rings. The summed E-state index contributed by atoms with van der Waals surface area (Å²) in [5, 5.41) is 0. The second-order valence-corrected chi connectivity index (χ2v) is 8.13. The summed E-state index contributed by atoms with van der Waals surface area (Å²) in [5.41, 5.74) is 0. The summed E-state index contributed by atoms with van der Waals surface area (Å²) in [5.74, 6) is 0.152. The number of likely N-dealkylation sites (tertiary alicyclic amines) is 1. The summed E-state index contributed by atoms with van der Waals surface area (Å²) < 4.78 is 5.17. The molecule has 0 spiro atoms. The van der Waals surface area contributed by atoms with Gasteiger partial charge >= 0.3 is 0 Å². The Morgan fingerprint density at radius 1 is 1.00 bits per heavy atom. The van der Waals surface area contributed by atoms with Crippen molar-refractivity contribution in [2.75, 3.05) is 32.7 Å². The summed E-state index contributed by atoms with van der Waals surface area (Å²) in [4.78, 5) is 43.6. The van der Waals surface area contributed by atoms with Gasteiger partial charge in [-0.15, -0.1) is 0 Å². The molecule has 3 heterocycles. The number of nitrogens with zero attached hydrogens (tertiary/aromatic N) is 3. The van der Waals surface area contributed by atoms with Gasteiger partial charge in [0.1, 0.15) is 0 Å². The lowest BCUT2D eigenvalue weighted by atomic mass is 9.99. The quantitative estimate of drug-likeness (QED) is 0.792. The van der Waals surface area contributed by atoms with Crippen molar-refractivity contribution in [3.05, 3.63) is 24.2 Å². The maximum atomic E-state index is 12.9. The Morgan fingerprint density at radius 3 is 2.39 bits per heavy atom. The first-order valence-electron chi connectivity index (χ1n) is 10.5. The first-order valence-corrected chi connectivity index (χ1v) is 10.5. The van der Waals surface area contributed by atoms with E-state index in [1.165, 1.54) is 12.7 Å². The van der Waals surface area contributed by atoms with Crippen LogP contribution in [0.2, 0.25) is 0 Å². The van der Waals surface area contributed by atoms with Crippen LogP contribution in [-0.2, 0) is 9.59 Å². The number of carbonyl (C=O) groups is 3. The van der Waals surface area contributed by atoms with E-state index in [9.17, 15) is 14.4 Å². The second-order valence-electron chi connectivity index (χ2n) is 8.13. The molecular weight excluding hydrogens is 358 g/mol. The van der Waals surface area contributed by atoms with Crippen molar-refractivity contribution in [3.8, 4) is 0 Å². The van der Waals surface area contributed by atoms with Gasteiger partial charge in [-0.05, 0) is 44.2 Å². The molecule has 4 rings (SSSR count). The van der Waals surface area contributed by atoms with Gasteiger partial charge in [-0.25, -0.2) is 0 Å². The van der Waals surface area contributed by atoms with Crippen LogP contribution in [0.15, 0.2) is 22.8 Å². The zero-order chi connectivity index (χ0) is 19.7. The zero-order valence-corrected chi connectivity index (χ0v) is 16.5. The maximum Gasteiger partial charge on any atom is 0.289 e. The van der Waals surface area contributed by atoms with E-state index in [1.54, 1.807) is 17.0 Å². The molecule has 1 aromatic heterocycles. The Labute approximate surface area is 165 Å². The number of amides is 3. The Bertz CT molecular complexity index is 724. The van der Waals surface area contributed by atoms with E-state index in [0.717, 1.165) is 25.8 Å². The van der Waals surface area contributed by atoms with Gasteiger partial charge in [-0.3, -0.25) is 14.4 Å². The second kappa shape index (κ2) is 7.97. The molecule has 7 heteroatoms. The van der Waals surface area contributed by atoms with Gasteiger partial charge < -0.3 is 19.1 Å². The first kappa shape index (κ1) is 19.0. The van der Waals surface area contributed by atoms with Crippen LogP contribution in [-0.4, -0.2) is 71.2 Å². The minimum absolute atomic E-state index is 0.0773. The van der Waals surface area contributed by atoms with Crippen LogP contribution in [0, 0.1) is 11.8 Å². The minimum atomic E-state index is -0.167. The van der Waals surface area contributed by atoms with Crippen LogP contribution >= 0.6 is 0 Å². The van der Waals surface area contributed by atoms with Crippen molar-refractivity contribution in [3.63, 3.8) is 0 Å². The molecule has 3 aliphatic rings. The Balaban J connectivity index is 1.28. The van der Waals surface area contributed by atoms with Crippen molar-refractivity contribution < 1.29 is 18.8 Å². The third kappa shape index (κ3) is 3.66. The fourth-order valence-electron chi connectivity index (χ4n) is 4.59. The van der Waals surface area contributed by atoms with Crippen LogP contribution in [0.25, 0.3) is 0 Å². The van der Waals surface area contributed by atoms with E-state index in [1.807, 2.05) is 9.80 Å². The van der Waals surface area contributed by atoms with E-state index in [2.05, 4.69) is 6.92 Å². The van der Waals surface area contributed by atoms with E-state index < -0.39 is 0 Å². The van der Waals surface area contributed by atoms with Crippen molar-refractivity contribution in [2.24, 2.45) is 11.8 Å². The molecule has 2 aliphatic heterocycles. The standard InChI is InChI=1S/C21H29N3O4/c1-2-15-6-3-4-8-24(15)20(26)17-14-16(17)19(25)22-9-11-23(12-10-22)21(27)18-7-5-13-28-18/h5,7,13,15-17H,2-4,6,8-12,14H2,1H3. The summed E-state index contributed by atoms with van der Waals surface area (Å²) in [7, 11) is 0. The van der Waals surface area contributed by atoms with Gasteiger partial charge in [-0.1, -0.05) is 6.92 Å². The fraction of sp³-hybridized carbons (Fsp3) is 0.667. The third-order valence-electron chi connectivity index (χ3n) is 6.42. The molecule has 7 nitrogen and oxygen atoms in total. The Kier molecular flexibility index (Phi) is 5.42. The van der Waals surface area contributed by atoms with Crippen LogP contribution in [0.1, 0.15) is 49.6 Å². The predicted molar refractivity (Wildman–Crippen MR) is 102 cm³/mol. The summed E-state index contributed by atoms with van der Waals surface area (Å²) in [6.07, 6.45) is 6.50. The number of piperidine rings is 1. The molecule has 0 aromatic carbocycles. The monoisotopic (exact) mass is 387 g/mol. The number of hydrogen-bond acceptors (Lipinski definition) is 4. The molecule has 28 heavy (non-hydrogen) atoms. The van der Waals surface area contributed by atoms with Gasteiger partial charge in [0.15, 0.2) is 5.76 Å². The third-order valence-corrected chi connectivity index (χ3v) is 6.42. The largest absolute Gasteiger partial charge is 0.459 e. The van der Waals surface area contributed by atoms with Gasteiger partial charge in [0, 0.05) is 38.8 Å². The number of furan rings is 1. The highest BCUT2D eigenvalue weighted by Crippen LogP contribution is 2.42. The molecule has 0 bridgehead atoms. The van der Waals surface area contributed by atoms with Crippen LogP contribution in [0.4, 0.5) is 0 Å². The smallest absolute Gasteiger partial charge is 0.289 e. The summed E-state index contributed by atoms with van der Waals surface area (Å²) in [6, 6.07) is 3.70. The maximum absolute atomic E-state index is 12.9. The lowest BCUT2D eigenvalue weighted by Crippen LogP contribution is -2.51. The lowest BCUT2D eigenvalue weighted by Gasteiger charge is -2.36. The van der Waals surface area contributed by atoms with Crippen LogP contribution < -0.4 is 0 Å². The summed E-state index contributed by atoms with van der Waals surface area (Å²) in [6.45, 7) is 5.01. The van der Waals surface area contributed by atoms with Gasteiger partial charge in [0.2, 0.25) is 11.8 Å². The number of hydrogen-bond donors (Lipinski definition) is 0. The number of rotatable bonds is 4. The van der Waals surface area contributed by atoms with Gasteiger partial charge in [-0.2, -0.15) is 0 Å². The lowest BCUT2D eigenvalue weighted by molar-refractivity contribution is -0.140. The SMILES string of the molecule is CCC1CCCCN1C(=O)C1CC1C(=O)N1CCN(C(=O)c2ccco2)CC1. The van der Waals surface area contributed by atoms with Crippen LogP contribution in [0.3, 0.4) is 0 Å². The number of carbonyl (C=O) groups excluding carboxylic acids is 3. The average molecular weight is 387 g/mol. The molecule has 1 aliphatic carbocycles. The van der Waals surface area contributed by atoms with Crippen molar-refractivity contribution in [1.82, 2.24) is 14.7 Å². The fourth-order valence-corrected chi connectivity index (χ4v) is 4.59. The van der Waals surface area contributed by atoms with Gasteiger partial charge in [0.05, 0.1) is 18.1 Å². The first-order chi connectivity index (χ1) is 13.6. The highest BCUT2D eigenvalue weighted by molar-refractivity contribution is 5.93. The molecule has 3 unspecified atom stereocenters. The highest BCUT2D eigenvalue weighted by Gasteiger charge is 2.51. The number of piperazine rings is 1. The van der Waals surface area contributed by atoms with Crippen LogP contribution in [0.5, 0.6) is 0 Å². The molecule has 2 saturated heterocycles. The molecule has 3 fully saturated rings. The zero-order valence-electron chi connectivity index (χ0n) is 16.5. The van der Waals surface area contributed by atoms with E-state index >= 15 is 0 Å². The van der Waals surface area contributed by atoms with Crippen molar-refractivity contribution in [1.29, 1.82) is 0 Å².